The number of halogens is 2. The van der Waals surface area contributed by atoms with E-state index < -0.39 is 76.7 Å². The molecule has 0 bridgehead atoms. The van der Waals surface area contributed by atoms with Gasteiger partial charge in [0.2, 0.25) is 0 Å². The van der Waals surface area contributed by atoms with Crippen LogP contribution in [0.3, 0.4) is 0 Å². The molecule has 3 atom stereocenters. The third kappa shape index (κ3) is 5.72. The minimum atomic E-state index is -4.63. The highest BCUT2D eigenvalue weighted by molar-refractivity contribution is 7.93. The first kappa shape index (κ1) is 26.8. The molecule has 0 aliphatic carbocycles. The minimum Gasteiger partial charge on any atom is -0.258 e. The summed E-state index contributed by atoms with van der Waals surface area (Å²) in [5.74, 6) is -2.04. The van der Waals surface area contributed by atoms with Gasteiger partial charge in [-0.3, -0.25) is 10.1 Å². The number of sulfone groups is 1. The van der Waals surface area contributed by atoms with Crippen LogP contribution in [-0.2, 0) is 26.4 Å². The summed E-state index contributed by atoms with van der Waals surface area (Å²) in [6.07, 6.45) is 0.546. The predicted molar refractivity (Wildman–Crippen MR) is 114 cm³/mol. The molecular formula is C19H25F2N3O5S2. The van der Waals surface area contributed by atoms with Crippen LogP contribution in [0.4, 0.5) is 14.5 Å². The quantitative estimate of drug-likeness (QED) is 0.313. The Morgan fingerprint density at radius 1 is 1.35 bits per heavy atom. The summed E-state index contributed by atoms with van der Waals surface area (Å²) in [7, 11) is -6.58. The van der Waals surface area contributed by atoms with Gasteiger partial charge in [-0.15, -0.1) is 6.58 Å². The molecule has 1 unspecified atom stereocenters. The summed E-state index contributed by atoms with van der Waals surface area (Å²) in [5.41, 5.74) is -2.97. The van der Waals surface area contributed by atoms with Crippen molar-refractivity contribution in [1.29, 1.82) is 5.26 Å². The number of rotatable bonds is 10. The van der Waals surface area contributed by atoms with Gasteiger partial charge in [0.25, 0.3) is 5.69 Å². The standard InChI is InChI=1S/C19H25F2N3O5S2/c1-6-9-19(11-20,12-22)31(28,29)13-18(5,23-30(27)17(2,3)4)15-10-14(24(25)26)7-8-16(15)21/h6-8,10,23H,1,9,11,13H2,2-5H3/t18-,19-,30?/m0/s1. The Hall–Kier alpha value is -2.23. The van der Waals surface area contributed by atoms with Gasteiger partial charge >= 0.3 is 0 Å². The van der Waals surface area contributed by atoms with E-state index in [1.54, 1.807) is 20.8 Å². The molecular weight excluding hydrogens is 452 g/mol. The lowest BCUT2D eigenvalue weighted by Gasteiger charge is -2.35. The van der Waals surface area contributed by atoms with Gasteiger partial charge in [-0.05, 0) is 33.8 Å². The lowest BCUT2D eigenvalue weighted by molar-refractivity contribution is -0.385. The molecule has 12 heteroatoms. The Labute approximate surface area is 183 Å². The number of non-ortho nitro benzene ring substituents is 1. The summed E-state index contributed by atoms with van der Waals surface area (Å²) in [4.78, 5) is 10.4. The summed E-state index contributed by atoms with van der Waals surface area (Å²) in [6.45, 7) is 7.72. The van der Waals surface area contributed by atoms with Crippen LogP contribution in [0, 0.1) is 27.3 Å². The summed E-state index contributed by atoms with van der Waals surface area (Å²) < 4.78 is 66.7. The molecule has 0 radical (unpaired) electrons. The van der Waals surface area contributed by atoms with Crippen molar-refractivity contribution in [2.75, 3.05) is 12.4 Å². The van der Waals surface area contributed by atoms with E-state index in [0.29, 0.717) is 0 Å². The number of nitro benzene ring substituents is 1. The topological polar surface area (TPSA) is 130 Å². The van der Waals surface area contributed by atoms with E-state index >= 15 is 0 Å². The van der Waals surface area contributed by atoms with Crippen molar-refractivity contribution in [2.24, 2.45) is 0 Å². The zero-order chi connectivity index (χ0) is 24.3. The highest BCUT2D eigenvalue weighted by Crippen LogP contribution is 2.34. The van der Waals surface area contributed by atoms with Crippen molar-refractivity contribution in [3.8, 4) is 6.07 Å². The van der Waals surface area contributed by atoms with Gasteiger partial charge in [-0.1, -0.05) is 6.08 Å². The van der Waals surface area contributed by atoms with Crippen LogP contribution in [-0.4, -0.2) is 39.5 Å². The molecule has 1 rings (SSSR count). The molecule has 1 aromatic rings. The molecule has 8 nitrogen and oxygen atoms in total. The molecule has 0 fully saturated rings. The maximum absolute atomic E-state index is 14.7. The molecule has 0 heterocycles. The van der Waals surface area contributed by atoms with Crippen molar-refractivity contribution in [3.63, 3.8) is 0 Å². The van der Waals surface area contributed by atoms with Gasteiger partial charge in [0.15, 0.2) is 14.6 Å². The van der Waals surface area contributed by atoms with Gasteiger partial charge in [0.1, 0.15) is 12.5 Å². The zero-order valence-electron chi connectivity index (χ0n) is 17.6. The van der Waals surface area contributed by atoms with Crippen LogP contribution >= 0.6 is 0 Å². The molecule has 0 amide bonds. The van der Waals surface area contributed by atoms with Crippen LogP contribution in [0.5, 0.6) is 0 Å². The first-order valence-electron chi connectivity index (χ1n) is 9.03. The van der Waals surface area contributed by atoms with Crippen LogP contribution in [0.25, 0.3) is 0 Å². The monoisotopic (exact) mass is 477 g/mol. The van der Waals surface area contributed by atoms with Crippen LogP contribution in [0.1, 0.15) is 39.7 Å². The number of nitrogens with one attached hydrogen (secondary N) is 1. The highest BCUT2D eigenvalue weighted by atomic mass is 32.2. The molecule has 31 heavy (non-hydrogen) atoms. The number of hydrogen-bond donors (Lipinski definition) is 1. The number of nitrogens with zero attached hydrogens (tertiary/aromatic N) is 2. The summed E-state index contributed by atoms with van der Waals surface area (Å²) >= 11 is 0. The van der Waals surface area contributed by atoms with Crippen molar-refractivity contribution < 1.29 is 26.3 Å². The van der Waals surface area contributed by atoms with E-state index in [0.717, 1.165) is 24.3 Å². The van der Waals surface area contributed by atoms with E-state index in [1.807, 2.05) is 0 Å². The Balaban J connectivity index is 3.76. The molecule has 0 spiro atoms. The molecule has 0 saturated heterocycles. The molecule has 1 N–H and O–H groups in total. The second-order valence-corrected chi connectivity index (χ2v) is 12.5. The number of benzene rings is 1. The van der Waals surface area contributed by atoms with E-state index in [-0.39, 0.29) is 0 Å². The highest BCUT2D eigenvalue weighted by Gasteiger charge is 2.49. The zero-order valence-corrected chi connectivity index (χ0v) is 19.3. The third-order valence-corrected chi connectivity index (χ3v) is 8.86. The molecule has 0 aliphatic rings. The fraction of sp³-hybridized carbons (Fsp3) is 0.526. The van der Waals surface area contributed by atoms with Gasteiger partial charge in [0.05, 0.1) is 38.0 Å². The average molecular weight is 478 g/mol. The fourth-order valence-corrected chi connectivity index (χ4v) is 5.66. The smallest absolute Gasteiger partial charge is 0.258 e. The van der Waals surface area contributed by atoms with Crippen LogP contribution in [0.2, 0.25) is 0 Å². The average Bonchev–Trinajstić information content (AvgIpc) is 2.64. The van der Waals surface area contributed by atoms with E-state index in [2.05, 4.69) is 11.3 Å². The first-order chi connectivity index (χ1) is 14.1. The molecule has 172 valence electrons. The number of alkyl halides is 1. The maximum Gasteiger partial charge on any atom is 0.269 e. The van der Waals surface area contributed by atoms with Gasteiger partial charge in [-0.2, -0.15) is 5.26 Å². The van der Waals surface area contributed by atoms with Gasteiger partial charge in [-0.25, -0.2) is 26.1 Å². The Kier molecular flexibility index (Phi) is 8.21. The Morgan fingerprint density at radius 2 is 1.94 bits per heavy atom. The lowest BCUT2D eigenvalue weighted by Crippen LogP contribution is -2.54. The van der Waals surface area contributed by atoms with Gasteiger partial charge < -0.3 is 0 Å². The van der Waals surface area contributed by atoms with Crippen molar-refractivity contribution in [1.82, 2.24) is 4.72 Å². The van der Waals surface area contributed by atoms with Crippen LogP contribution in [0.15, 0.2) is 30.9 Å². The molecule has 1 aromatic carbocycles. The number of hydrogen-bond acceptors (Lipinski definition) is 6. The number of nitriles is 1. The number of nitro groups is 1. The van der Waals surface area contributed by atoms with Crippen molar-refractivity contribution in [2.45, 2.75) is 49.1 Å². The van der Waals surface area contributed by atoms with Crippen molar-refractivity contribution in [3.05, 3.63) is 52.3 Å². The third-order valence-electron chi connectivity index (χ3n) is 4.60. The van der Waals surface area contributed by atoms with Crippen molar-refractivity contribution >= 4 is 26.5 Å². The fourth-order valence-electron chi connectivity index (χ4n) is 2.73. The normalized spacial score (nSPS) is 17.1. The Morgan fingerprint density at radius 3 is 2.35 bits per heavy atom. The largest absolute Gasteiger partial charge is 0.269 e. The van der Waals surface area contributed by atoms with E-state index in [1.165, 1.54) is 13.0 Å². The predicted octanol–water partition coefficient (Wildman–Crippen LogP) is 3.22. The second-order valence-electron chi connectivity index (χ2n) is 8.23. The second kappa shape index (κ2) is 9.50. The molecule has 0 saturated carbocycles. The molecule has 0 aromatic heterocycles. The van der Waals surface area contributed by atoms with E-state index in [9.17, 15) is 36.8 Å². The SMILES string of the molecule is C=CC[C@@](C#N)(CF)S(=O)(=O)C[C@](C)(NS(=O)C(C)(C)C)c1cc([N+](=O)[O-])ccc1F. The van der Waals surface area contributed by atoms with E-state index in [4.69, 9.17) is 0 Å². The molecule has 0 aliphatic heterocycles. The maximum atomic E-state index is 14.7. The minimum absolute atomic E-state index is 0.452. The first-order valence-corrected chi connectivity index (χ1v) is 11.8. The summed E-state index contributed by atoms with van der Waals surface area (Å²) in [5, 5.41) is 20.6. The Bertz CT molecular complexity index is 1030. The van der Waals surface area contributed by atoms with Gasteiger partial charge in [0, 0.05) is 24.1 Å². The van der Waals surface area contributed by atoms with Crippen LogP contribution < -0.4 is 4.72 Å². The summed E-state index contributed by atoms with van der Waals surface area (Å²) in [6, 6.07) is 3.98. The number of allylic oxidation sites excluding steroid dienone is 1. The lowest BCUT2D eigenvalue weighted by atomic mass is 9.94.